The number of benzene rings is 2. The predicted octanol–water partition coefficient (Wildman–Crippen LogP) is 3.92. The lowest BCUT2D eigenvalue weighted by Crippen LogP contribution is -2.38. The topological polar surface area (TPSA) is 105 Å². The Morgan fingerprint density at radius 2 is 1.75 bits per heavy atom. The SMILES string of the molecule is CCOC(=O)C(C)(C)C(=O)COc1ccc(Oc2ccccc2)cc1[N+](=O)[O-]. The second-order valence-corrected chi connectivity index (χ2v) is 6.36. The van der Waals surface area contributed by atoms with E-state index in [1.807, 2.05) is 6.07 Å². The molecule has 2 aromatic carbocycles. The summed E-state index contributed by atoms with van der Waals surface area (Å²) in [5.41, 5.74) is -1.77. The molecule has 0 aromatic heterocycles. The van der Waals surface area contributed by atoms with Gasteiger partial charge in [-0.05, 0) is 45.0 Å². The molecule has 148 valence electrons. The molecule has 0 aliphatic rings. The van der Waals surface area contributed by atoms with E-state index in [0.717, 1.165) is 0 Å². The molecule has 2 rings (SSSR count). The van der Waals surface area contributed by atoms with E-state index < -0.39 is 28.7 Å². The van der Waals surface area contributed by atoms with Gasteiger partial charge in [-0.1, -0.05) is 18.2 Å². The molecule has 0 unspecified atom stereocenters. The zero-order valence-corrected chi connectivity index (χ0v) is 15.8. The second kappa shape index (κ2) is 8.98. The average molecular weight is 387 g/mol. The summed E-state index contributed by atoms with van der Waals surface area (Å²) in [4.78, 5) is 35.0. The van der Waals surface area contributed by atoms with E-state index in [1.54, 1.807) is 31.2 Å². The van der Waals surface area contributed by atoms with Gasteiger partial charge in [0.2, 0.25) is 0 Å². The number of nitrogens with zero attached hydrogens (tertiary/aromatic N) is 1. The number of rotatable bonds is 9. The van der Waals surface area contributed by atoms with Crippen LogP contribution >= 0.6 is 0 Å². The van der Waals surface area contributed by atoms with Crippen LogP contribution in [0.4, 0.5) is 5.69 Å². The van der Waals surface area contributed by atoms with E-state index >= 15 is 0 Å². The molecule has 2 aromatic rings. The van der Waals surface area contributed by atoms with E-state index in [1.165, 1.54) is 32.0 Å². The van der Waals surface area contributed by atoms with E-state index in [9.17, 15) is 19.7 Å². The second-order valence-electron chi connectivity index (χ2n) is 6.36. The number of nitro groups is 1. The zero-order chi connectivity index (χ0) is 20.7. The molecule has 8 nitrogen and oxygen atoms in total. The molecule has 0 fully saturated rings. The first-order valence-electron chi connectivity index (χ1n) is 8.60. The maximum atomic E-state index is 12.3. The number of carbonyl (C=O) groups is 2. The highest BCUT2D eigenvalue weighted by Gasteiger charge is 2.37. The minimum Gasteiger partial charge on any atom is -0.479 e. The van der Waals surface area contributed by atoms with Crippen molar-refractivity contribution in [2.75, 3.05) is 13.2 Å². The van der Waals surface area contributed by atoms with Crippen molar-refractivity contribution in [1.29, 1.82) is 0 Å². The van der Waals surface area contributed by atoms with Crippen molar-refractivity contribution in [1.82, 2.24) is 0 Å². The lowest BCUT2D eigenvalue weighted by Gasteiger charge is -2.20. The molecular weight excluding hydrogens is 366 g/mol. The van der Waals surface area contributed by atoms with Crippen LogP contribution in [0.15, 0.2) is 48.5 Å². The normalized spacial score (nSPS) is 10.8. The van der Waals surface area contributed by atoms with E-state index in [2.05, 4.69) is 0 Å². The summed E-state index contributed by atoms with van der Waals surface area (Å²) in [6.45, 7) is 4.11. The van der Waals surface area contributed by atoms with Crippen LogP contribution in [0.1, 0.15) is 20.8 Å². The Hall–Kier alpha value is -3.42. The number of esters is 1. The molecule has 0 radical (unpaired) electrons. The largest absolute Gasteiger partial charge is 0.479 e. The number of hydrogen-bond donors (Lipinski definition) is 0. The third-order valence-electron chi connectivity index (χ3n) is 3.95. The van der Waals surface area contributed by atoms with Gasteiger partial charge in [-0.3, -0.25) is 19.7 Å². The molecule has 0 N–H and O–H groups in total. The van der Waals surface area contributed by atoms with Crippen LogP contribution < -0.4 is 9.47 Å². The minimum atomic E-state index is -1.42. The molecule has 0 amide bonds. The Kier molecular flexibility index (Phi) is 6.70. The average Bonchev–Trinajstić information content (AvgIpc) is 2.67. The highest BCUT2D eigenvalue weighted by atomic mass is 16.6. The first-order valence-corrected chi connectivity index (χ1v) is 8.60. The summed E-state index contributed by atoms with van der Waals surface area (Å²) in [5, 5.41) is 11.4. The fourth-order valence-corrected chi connectivity index (χ4v) is 2.20. The highest BCUT2D eigenvalue weighted by Crippen LogP contribution is 2.33. The number of hydrogen-bond acceptors (Lipinski definition) is 7. The molecule has 0 aliphatic heterocycles. The van der Waals surface area contributed by atoms with Crippen molar-refractivity contribution in [3.63, 3.8) is 0 Å². The van der Waals surface area contributed by atoms with Crippen molar-refractivity contribution in [2.45, 2.75) is 20.8 Å². The van der Waals surface area contributed by atoms with Crippen molar-refractivity contribution in [2.24, 2.45) is 5.41 Å². The summed E-state index contributed by atoms with van der Waals surface area (Å²) in [6, 6.07) is 12.9. The quantitative estimate of drug-likeness (QED) is 0.278. The van der Waals surface area contributed by atoms with Crippen molar-refractivity contribution in [3.05, 3.63) is 58.6 Å². The number of ether oxygens (including phenoxy) is 3. The molecule has 28 heavy (non-hydrogen) atoms. The Bertz CT molecular complexity index is 862. The number of ketones is 1. The smallest absolute Gasteiger partial charge is 0.319 e. The summed E-state index contributed by atoms with van der Waals surface area (Å²) in [7, 11) is 0. The molecule has 0 atom stereocenters. The van der Waals surface area contributed by atoms with Crippen LogP contribution in [0.2, 0.25) is 0 Å². The van der Waals surface area contributed by atoms with E-state index in [0.29, 0.717) is 5.75 Å². The van der Waals surface area contributed by atoms with Crippen LogP contribution in [0.5, 0.6) is 17.2 Å². The summed E-state index contributed by atoms with van der Waals surface area (Å²) < 4.78 is 15.8. The van der Waals surface area contributed by atoms with Crippen LogP contribution in [0.3, 0.4) is 0 Å². The first kappa shape index (κ1) is 20.9. The molecule has 0 aliphatic carbocycles. The first-order chi connectivity index (χ1) is 13.3. The number of Topliss-reactive ketones (excluding diaryl/α,β-unsaturated/α-hetero) is 1. The van der Waals surface area contributed by atoms with Gasteiger partial charge in [-0.2, -0.15) is 0 Å². The van der Waals surface area contributed by atoms with Gasteiger partial charge >= 0.3 is 11.7 Å². The van der Waals surface area contributed by atoms with Gasteiger partial charge in [0.05, 0.1) is 17.6 Å². The van der Waals surface area contributed by atoms with E-state index in [-0.39, 0.29) is 23.8 Å². The van der Waals surface area contributed by atoms with Gasteiger partial charge < -0.3 is 14.2 Å². The number of para-hydroxylation sites is 1. The Balaban J connectivity index is 2.14. The van der Waals surface area contributed by atoms with Gasteiger partial charge in [0.15, 0.2) is 11.5 Å². The van der Waals surface area contributed by atoms with Crippen molar-refractivity contribution < 1.29 is 28.7 Å². The molecule has 0 heterocycles. The fraction of sp³-hybridized carbons (Fsp3) is 0.300. The molecule has 8 heteroatoms. The van der Waals surface area contributed by atoms with Gasteiger partial charge in [0.25, 0.3) is 0 Å². The van der Waals surface area contributed by atoms with E-state index in [4.69, 9.17) is 14.2 Å². The van der Waals surface area contributed by atoms with Crippen LogP contribution in [-0.2, 0) is 14.3 Å². The molecule has 0 bridgehead atoms. The maximum Gasteiger partial charge on any atom is 0.319 e. The highest BCUT2D eigenvalue weighted by molar-refractivity contribution is 6.03. The van der Waals surface area contributed by atoms with Gasteiger partial charge in [0.1, 0.15) is 23.5 Å². The van der Waals surface area contributed by atoms with Crippen molar-refractivity contribution in [3.8, 4) is 17.2 Å². The number of nitro benzene ring substituents is 1. The lowest BCUT2D eigenvalue weighted by molar-refractivity contribution is -0.385. The van der Waals surface area contributed by atoms with Gasteiger partial charge in [0, 0.05) is 0 Å². The Labute approximate surface area is 162 Å². The minimum absolute atomic E-state index is 0.0987. The Morgan fingerprint density at radius 1 is 1.07 bits per heavy atom. The Morgan fingerprint density at radius 3 is 2.36 bits per heavy atom. The van der Waals surface area contributed by atoms with Crippen LogP contribution in [0.25, 0.3) is 0 Å². The van der Waals surface area contributed by atoms with Crippen molar-refractivity contribution >= 4 is 17.4 Å². The fourth-order valence-electron chi connectivity index (χ4n) is 2.20. The van der Waals surface area contributed by atoms with Crippen LogP contribution in [-0.4, -0.2) is 29.9 Å². The number of carbonyl (C=O) groups excluding carboxylic acids is 2. The monoisotopic (exact) mass is 387 g/mol. The summed E-state index contributed by atoms with van der Waals surface area (Å²) in [6.07, 6.45) is 0. The predicted molar refractivity (Wildman–Crippen MR) is 101 cm³/mol. The zero-order valence-electron chi connectivity index (χ0n) is 15.8. The summed E-state index contributed by atoms with van der Waals surface area (Å²) in [5.74, 6) is -0.548. The lowest BCUT2D eigenvalue weighted by atomic mass is 9.88. The van der Waals surface area contributed by atoms with Crippen LogP contribution in [0, 0.1) is 15.5 Å². The molecule has 0 saturated heterocycles. The third-order valence-corrected chi connectivity index (χ3v) is 3.95. The standard InChI is InChI=1S/C20H21NO7/c1-4-26-19(23)20(2,3)18(22)13-27-17-11-10-15(12-16(17)21(24)25)28-14-8-6-5-7-9-14/h5-12H,4,13H2,1-3H3. The molecule has 0 saturated carbocycles. The maximum absolute atomic E-state index is 12.3. The van der Waals surface area contributed by atoms with Gasteiger partial charge in [-0.15, -0.1) is 0 Å². The van der Waals surface area contributed by atoms with Gasteiger partial charge in [-0.25, -0.2) is 0 Å². The summed E-state index contributed by atoms with van der Waals surface area (Å²) >= 11 is 0. The third kappa shape index (κ3) is 5.06. The molecular formula is C20H21NO7. The molecule has 0 spiro atoms.